The van der Waals surface area contributed by atoms with Crippen LogP contribution in [0.25, 0.3) is 0 Å². The molecule has 1 aromatic rings. The molecule has 22 heavy (non-hydrogen) atoms. The first kappa shape index (κ1) is 18.1. The summed E-state index contributed by atoms with van der Waals surface area (Å²) >= 11 is 0. The molecular formula is C14H19NO6S. The zero-order valence-electron chi connectivity index (χ0n) is 12.6. The number of carboxylic acid groups (broad SMARTS) is 1. The van der Waals surface area contributed by atoms with E-state index in [0.29, 0.717) is 5.56 Å². The van der Waals surface area contributed by atoms with E-state index >= 15 is 0 Å². The quantitative estimate of drug-likeness (QED) is 0.720. The van der Waals surface area contributed by atoms with Gasteiger partial charge in [-0.2, -0.15) is 4.72 Å². The largest absolute Gasteiger partial charge is 0.480 e. The van der Waals surface area contributed by atoms with Crippen LogP contribution in [-0.4, -0.2) is 38.3 Å². The Kier molecular flexibility index (Phi) is 5.67. The van der Waals surface area contributed by atoms with Gasteiger partial charge in [0.25, 0.3) is 0 Å². The van der Waals surface area contributed by atoms with Crippen molar-refractivity contribution in [2.24, 2.45) is 5.41 Å². The van der Waals surface area contributed by atoms with Crippen molar-refractivity contribution in [3.05, 3.63) is 35.9 Å². The fraction of sp³-hybridized carbons (Fsp3) is 0.429. The lowest BCUT2D eigenvalue weighted by Gasteiger charge is -2.23. The molecule has 0 amide bonds. The molecule has 0 radical (unpaired) electrons. The number of carbonyl (C=O) groups excluding carboxylic acids is 1. The van der Waals surface area contributed by atoms with Crippen molar-refractivity contribution < 1.29 is 27.9 Å². The second-order valence-electron chi connectivity index (χ2n) is 5.43. The number of rotatable bonds is 7. The van der Waals surface area contributed by atoms with Gasteiger partial charge >= 0.3 is 11.9 Å². The molecule has 7 nitrogen and oxygen atoms in total. The number of nitrogens with one attached hydrogen (secondary N) is 1. The molecule has 0 saturated carbocycles. The highest BCUT2D eigenvalue weighted by molar-refractivity contribution is 7.89. The van der Waals surface area contributed by atoms with Crippen molar-refractivity contribution in [3.63, 3.8) is 0 Å². The second-order valence-corrected chi connectivity index (χ2v) is 7.19. The predicted molar refractivity (Wildman–Crippen MR) is 79.5 cm³/mol. The molecule has 8 heteroatoms. The van der Waals surface area contributed by atoms with E-state index in [1.54, 1.807) is 18.2 Å². The standard InChI is InChI=1S/C14H19NO6S/c1-14(2,13(18)21-3)9-22(19,20)15-11(12(16)17)10-7-5-4-6-8-10/h4-8,11,15H,9H2,1-3H3,(H,16,17)/t11-/m1/s1. The Labute approximate surface area is 129 Å². The minimum atomic E-state index is -4.02. The Bertz CT molecular complexity index is 639. The van der Waals surface area contributed by atoms with E-state index in [0.717, 1.165) is 7.11 Å². The Morgan fingerprint density at radius 1 is 1.27 bits per heavy atom. The highest BCUT2D eigenvalue weighted by Gasteiger charge is 2.36. The average Bonchev–Trinajstić information content (AvgIpc) is 2.43. The van der Waals surface area contributed by atoms with Crippen LogP contribution in [0.4, 0.5) is 0 Å². The maximum atomic E-state index is 12.2. The topological polar surface area (TPSA) is 110 Å². The zero-order valence-corrected chi connectivity index (χ0v) is 13.4. The molecule has 0 fully saturated rings. The lowest BCUT2D eigenvalue weighted by Crippen LogP contribution is -2.42. The summed E-state index contributed by atoms with van der Waals surface area (Å²) in [6, 6.07) is 6.51. The smallest absolute Gasteiger partial charge is 0.326 e. The van der Waals surface area contributed by atoms with Crippen LogP contribution in [0, 0.1) is 5.41 Å². The van der Waals surface area contributed by atoms with Crippen LogP contribution in [0.3, 0.4) is 0 Å². The van der Waals surface area contributed by atoms with Gasteiger partial charge in [0, 0.05) is 0 Å². The van der Waals surface area contributed by atoms with Gasteiger partial charge in [-0.25, -0.2) is 8.42 Å². The van der Waals surface area contributed by atoms with Crippen molar-refractivity contribution in [2.45, 2.75) is 19.9 Å². The molecule has 0 spiro atoms. The van der Waals surface area contributed by atoms with Crippen LogP contribution in [0.2, 0.25) is 0 Å². The van der Waals surface area contributed by atoms with Crippen LogP contribution in [0.15, 0.2) is 30.3 Å². The lowest BCUT2D eigenvalue weighted by atomic mass is 9.97. The van der Waals surface area contributed by atoms with Crippen LogP contribution in [0.1, 0.15) is 25.5 Å². The third kappa shape index (κ3) is 4.81. The van der Waals surface area contributed by atoms with Crippen molar-refractivity contribution in [2.75, 3.05) is 12.9 Å². The average molecular weight is 329 g/mol. The number of hydrogen-bond acceptors (Lipinski definition) is 5. The molecule has 1 aromatic carbocycles. The van der Waals surface area contributed by atoms with Gasteiger partial charge in [0.2, 0.25) is 10.0 Å². The summed E-state index contributed by atoms with van der Waals surface area (Å²) in [5.41, 5.74) is -0.991. The van der Waals surface area contributed by atoms with Gasteiger partial charge in [0.15, 0.2) is 0 Å². The molecular weight excluding hydrogens is 310 g/mol. The van der Waals surface area contributed by atoms with Gasteiger partial charge in [0.05, 0.1) is 18.3 Å². The SMILES string of the molecule is COC(=O)C(C)(C)CS(=O)(=O)N[C@@H](C(=O)O)c1ccccc1. The molecule has 0 aromatic heterocycles. The second kappa shape index (κ2) is 6.89. The molecule has 0 saturated heterocycles. The third-order valence-electron chi connectivity index (χ3n) is 2.97. The molecule has 0 aliphatic rings. The summed E-state index contributed by atoms with van der Waals surface area (Å²) in [7, 11) is -2.86. The number of aliphatic carboxylic acids is 1. The van der Waals surface area contributed by atoms with E-state index in [1.165, 1.54) is 26.0 Å². The first-order valence-electron chi connectivity index (χ1n) is 6.45. The van der Waals surface area contributed by atoms with Gasteiger partial charge in [-0.3, -0.25) is 9.59 Å². The maximum Gasteiger partial charge on any atom is 0.326 e. The monoisotopic (exact) mass is 329 g/mol. The van der Waals surface area contributed by atoms with E-state index in [-0.39, 0.29) is 0 Å². The van der Waals surface area contributed by atoms with Crippen molar-refractivity contribution in [1.82, 2.24) is 4.72 Å². The van der Waals surface area contributed by atoms with E-state index in [9.17, 15) is 23.1 Å². The highest BCUT2D eigenvalue weighted by Crippen LogP contribution is 2.21. The van der Waals surface area contributed by atoms with Crippen molar-refractivity contribution in [1.29, 1.82) is 0 Å². The molecule has 0 aliphatic heterocycles. The molecule has 1 rings (SSSR count). The Morgan fingerprint density at radius 2 is 1.82 bits per heavy atom. The number of sulfonamides is 1. The fourth-order valence-corrected chi connectivity index (χ4v) is 3.69. The molecule has 0 unspecified atom stereocenters. The molecule has 0 aliphatic carbocycles. The number of carboxylic acids is 1. The summed E-state index contributed by atoms with van der Waals surface area (Å²) in [5, 5.41) is 9.23. The number of ether oxygens (including phenoxy) is 1. The molecule has 0 heterocycles. The molecule has 0 bridgehead atoms. The number of benzene rings is 1. The Balaban J connectivity index is 2.98. The number of esters is 1. The minimum Gasteiger partial charge on any atom is -0.480 e. The zero-order chi connectivity index (χ0) is 17.0. The summed E-state index contributed by atoms with van der Waals surface area (Å²) in [6.07, 6.45) is 0. The van der Waals surface area contributed by atoms with Crippen molar-refractivity contribution in [3.8, 4) is 0 Å². The van der Waals surface area contributed by atoms with E-state index in [4.69, 9.17) is 0 Å². The summed E-state index contributed by atoms with van der Waals surface area (Å²) in [6.45, 7) is 2.83. The van der Waals surface area contributed by atoms with Crippen LogP contribution in [0.5, 0.6) is 0 Å². The van der Waals surface area contributed by atoms with Gasteiger partial charge in [-0.15, -0.1) is 0 Å². The van der Waals surface area contributed by atoms with Crippen LogP contribution in [-0.2, 0) is 24.3 Å². The fourth-order valence-electron chi connectivity index (χ4n) is 1.94. The van der Waals surface area contributed by atoms with Crippen LogP contribution >= 0.6 is 0 Å². The lowest BCUT2D eigenvalue weighted by molar-refractivity contribution is -0.149. The van der Waals surface area contributed by atoms with Gasteiger partial charge in [0.1, 0.15) is 6.04 Å². The third-order valence-corrected chi connectivity index (χ3v) is 4.66. The normalized spacial score (nSPS) is 13.4. The van der Waals surface area contributed by atoms with E-state index in [1.807, 2.05) is 0 Å². The minimum absolute atomic E-state index is 0.300. The number of methoxy groups -OCH3 is 1. The Hall–Kier alpha value is -1.93. The highest BCUT2D eigenvalue weighted by atomic mass is 32.2. The van der Waals surface area contributed by atoms with Gasteiger partial charge in [-0.1, -0.05) is 30.3 Å². The first-order chi connectivity index (χ1) is 10.1. The van der Waals surface area contributed by atoms with Crippen molar-refractivity contribution >= 4 is 22.0 Å². The van der Waals surface area contributed by atoms with Crippen LogP contribution < -0.4 is 4.72 Å². The predicted octanol–water partition coefficient (Wildman–Crippen LogP) is 0.931. The summed E-state index contributed by atoms with van der Waals surface area (Å²) in [4.78, 5) is 22.9. The Morgan fingerprint density at radius 3 is 2.27 bits per heavy atom. The number of carbonyl (C=O) groups is 2. The molecule has 1 atom stereocenters. The number of hydrogen-bond donors (Lipinski definition) is 2. The van der Waals surface area contributed by atoms with E-state index in [2.05, 4.69) is 9.46 Å². The molecule has 122 valence electrons. The summed E-state index contributed by atoms with van der Waals surface area (Å²) in [5.74, 6) is -2.60. The maximum absolute atomic E-state index is 12.2. The van der Waals surface area contributed by atoms with Gasteiger partial charge < -0.3 is 9.84 Å². The first-order valence-corrected chi connectivity index (χ1v) is 8.10. The van der Waals surface area contributed by atoms with Gasteiger partial charge in [-0.05, 0) is 19.4 Å². The molecule has 2 N–H and O–H groups in total. The van der Waals surface area contributed by atoms with E-state index < -0.39 is 39.2 Å². The summed E-state index contributed by atoms with van der Waals surface area (Å²) < 4.78 is 31.0.